The van der Waals surface area contributed by atoms with Gasteiger partial charge in [-0.25, -0.2) is 19.3 Å². The molecule has 0 aromatic carbocycles. The van der Waals surface area contributed by atoms with Crippen LogP contribution in [-0.4, -0.2) is 47.3 Å². The fraction of sp³-hybridized carbons (Fsp3) is 0.438. The minimum Gasteiger partial charge on any atom is -0.380 e. The summed E-state index contributed by atoms with van der Waals surface area (Å²) in [7, 11) is 1.70. The topological polar surface area (TPSA) is 63.2 Å². The summed E-state index contributed by atoms with van der Waals surface area (Å²) in [5.41, 5.74) is 0.901. The van der Waals surface area contributed by atoms with Crippen molar-refractivity contribution in [2.75, 3.05) is 30.4 Å². The molecule has 1 aliphatic heterocycles. The molecule has 1 N–H and O–H groups in total. The van der Waals surface area contributed by atoms with Gasteiger partial charge in [0.15, 0.2) is 11.6 Å². The van der Waals surface area contributed by atoms with Crippen LogP contribution >= 0.6 is 11.6 Å². The second-order valence-corrected chi connectivity index (χ2v) is 6.22. The number of nitrogens with one attached hydrogen (secondary N) is 1. The molecular weight excluding hydrogens is 333 g/mol. The summed E-state index contributed by atoms with van der Waals surface area (Å²) in [6, 6.07) is 3.29. The maximum Gasteiger partial charge on any atom is 0.166 e. The fourth-order valence-corrected chi connectivity index (χ4v) is 3.02. The van der Waals surface area contributed by atoms with Crippen LogP contribution in [0.4, 0.5) is 16.0 Å². The molecular formula is C16H19ClFN5O. The molecule has 3 heterocycles. The number of ether oxygens (including phenoxy) is 1. The minimum atomic E-state index is -0.465. The van der Waals surface area contributed by atoms with Crippen molar-refractivity contribution in [3.8, 4) is 0 Å². The lowest BCUT2D eigenvalue weighted by molar-refractivity contribution is 0.118. The van der Waals surface area contributed by atoms with Gasteiger partial charge >= 0.3 is 0 Å². The highest BCUT2D eigenvalue weighted by Crippen LogP contribution is 2.26. The van der Waals surface area contributed by atoms with Gasteiger partial charge in [0.25, 0.3) is 0 Å². The molecule has 3 rings (SSSR count). The molecule has 2 aromatic rings. The maximum atomic E-state index is 13.9. The van der Waals surface area contributed by atoms with Crippen molar-refractivity contribution in [1.82, 2.24) is 15.0 Å². The zero-order valence-corrected chi connectivity index (χ0v) is 14.3. The van der Waals surface area contributed by atoms with E-state index in [1.54, 1.807) is 13.4 Å². The number of aryl methyl sites for hydroxylation is 1. The standard InChI is InChI=1S/C16H19ClFN5O/c1-10-3-15(22-9-21-10)23-8-13(24-2)5-12(23)7-20-16-14(18)4-11(17)6-19-16/h3-4,6,9,12-13H,5,7-8H2,1-2H3,(H,19,20)/t12-,13-/m0/s1. The molecule has 0 saturated carbocycles. The van der Waals surface area contributed by atoms with Crippen molar-refractivity contribution in [3.63, 3.8) is 0 Å². The molecule has 0 bridgehead atoms. The molecule has 0 amide bonds. The van der Waals surface area contributed by atoms with E-state index in [9.17, 15) is 4.39 Å². The number of hydrogen-bond acceptors (Lipinski definition) is 6. The molecule has 0 radical (unpaired) electrons. The highest BCUT2D eigenvalue weighted by Gasteiger charge is 2.33. The smallest absolute Gasteiger partial charge is 0.166 e. The highest BCUT2D eigenvalue weighted by atomic mass is 35.5. The molecule has 0 unspecified atom stereocenters. The van der Waals surface area contributed by atoms with Crippen LogP contribution in [0.1, 0.15) is 12.1 Å². The Morgan fingerprint density at radius 1 is 1.38 bits per heavy atom. The lowest BCUT2D eigenvalue weighted by atomic mass is 10.2. The van der Waals surface area contributed by atoms with Crippen molar-refractivity contribution < 1.29 is 9.13 Å². The van der Waals surface area contributed by atoms with Crippen molar-refractivity contribution in [2.45, 2.75) is 25.5 Å². The summed E-state index contributed by atoms with van der Waals surface area (Å²) in [5, 5.41) is 3.33. The number of anilines is 2. The zero-order chi connectivity index (χ0) is 17.1. The van der Waals surface area contributed by atoms with Crippen LogP contribution in [-0.2, 0) is 4.74 Å². The fourth-order valence-electron chi connectivity index (χ4n) is 2.88. The van der Waals surface area contributed by atoms with Crippen molar-refractivity contribution in [1.29, 1.82) is 0 Å². The van der Waals surface area contributed by atoms with E-state index >= 15 is 0 Å². The molecule has 0 spiro atoms. The average molecular weight is 352 g/mol. The van der Waals surface area contributed by atoms with Gasteiger partial charge in [-0.3, -0.25) is 0 Å². The van der Waals surface area contributed by atoms with Gasteiger partial charge in [0.2, 0.25) is 0 Å². The van der Waals surface area contributed by atoms with Crippen LogP contribution in [0.5, 0.6) is 0 Å². The van der Waals surface area contributed by atoms with Crippen molar-refractivity contribution in [3.05, 3.63) is 41.2 Å². The number of methoxy groups -OCH3 is 1. The molecule has 8 heteroatoms. The third kappa shape index (κ3) is 3.73. The highest BCUT2D eigenvalue weighted by molar-refractivity contribution is 6.30. The Kier molecular flexibility index (Phi) is 5.11. The molecule has 0 aliphatic carbocycles. The van der Waals surface area contributed by atoms with E-state index in [-0.39, 0.29) is 23.0 Å². The van der Waals surface area contributed by atoms with E-state index in [2.05, 4.69) is 25.2 Å². The maximum absolute atomic E-state index is 13.9. The molecule has 2 atom stereocenters. The van der Waals surface area contributed by atoms with Crippen LogP contribution in [0.2, 0.25) is 5.02 Å². The lowest BCUT2D eigenvalue weighted by Gasteiger charge is -2.25. The Bertz CT molecular complexity index is 717. The van der Waals surface area contributed by atoms with Crippen molar-refractivity contribution >= 4 is 23.2 Å². The number of nitrogens with zero attached hydrogens (tertiary/aromatic N) is 4. The van der Waals surface area contributed by atoms with Gasteiger partial charge < -0.3 is 15.0 Å². The molecule has 1 aliphatic rings. The monoisotopic (exact) mass is 351 g/mol. The minimum absolute atomic E-state index is 0.107. The molecule has 2 aromatic heterocycles. The Hall–Kier alpha value is -1.99. The third-order valence-corrected chi connectivity index (χ3v) is 4.31. The number of rotatable bonds is 5. The summed E-state index contributed by atoms with van der Waals surface area (Å²) in [6.45, 7) is 3.18. The number of pyridine rings is 1. The normalized spacial score (nSPS) is 20.4. The van der Waals surface area contributed by atoms with Crippen LogP contribution in [0, 0.1) is 12.7 Å². The molecule has 1 saturated heterocycles. The van der Waals surface area contributed by atoms with Crippen LogP contribution < -0.4 is 10.2 Å². The Labute approximate surface area is 145 Å². The second kappa shape index (κ2) is 7.27. The molecule has 1 fully saturated rings. The molecule has 128 valence electrons. The average Bonchev–Trinajstić information content (AvgIpc) is 2.97. The largest absolute Gasteiger partial charge is 0.380 e. The van der Waals surface area contributed by atoms with Gasteiger partial charge in [-0.05, 0) is 19.4 Å². The van der Waals surface area contributed by atoms with E-state index in [0.717, 1.165) is 24.5 Å². The second-order valence-electron chi connectivity index (χ2n) is 5.78. The Morgan fingerprint density at radius 2 is 2.21 bits per heavy atom. The first-order valence-electron chi connectivity index (χ1n) is 7.70. The summed E-state index contributed by atoms with van der Waals surface area (Å²) in [6.07, 6.45) is 3.90. The van der Waals surface area contributed by atoms with Gasteiger partial charge in [-0.1, -0.05) is 11.6 Å². The summed E-state index contributed by atoms with van der Waals surface area (Å²) < 4.78 is 19.4. The Morgan fingerprint density at radius 3 is 2.92 bits per heavy atom. The van der Waals surface area contributed by atoms with E-state index < -0.39 is 5.82 Å². The number of aromatic nitrogens is 3. The molecule has 6 nitrogen and oxygen atoms in total. The Balaban J connectivity index is 1.74. The SMILES string of the molecule is CO[C@H]1C[C@@H](CNc2ncc(Cl)cc2F)N(c2cc(C)ncn2)C1. The van der Waals surface area contributed by atoms with Crippen LogP contribution in [0.15, 0.2) is 24.7 Å². The summed E-state index contributed by atoms with van der Waals surface area (Å²) >= 11 is 5.73. The van der Waals surface area contributed by atoms with Gasteiger partial charge in [0.1, 0.15) is 12.1 Å². The van der Waals surface area contributed by atoms with Crippen LogP contribution in [0.25, 0.3) is 0 Å². The van der Waals surface area contributed by atoms with E-state index in [1.165, 1.54) is 12.3 Å². The van der Waals surface area contributed by atoms with Gasteiger partial charge in [0, 0.05) is 38.2 Å². The summed E-state index contributed by atoms with van der Waals surface area (Å²) in [4.78, 5) is 14.6. The molecule has 24 heavy (non-hydrogen) atoms. The van der Waals surface area contributed by atoms with Crippen molar-refractivity contribution in [2.24, 2.45) is 0 Å². The number of halogens is 2. The van der Waals surface area contributed by atoms with Crippen LogP contribution in [0.3, 0.4) is 0 Å². The first-order chi connectivity index (χ1) is 11.6. The predicted molar refractivity (Wildman–Crippen MR) is 91.0 cm³/mol. The lowest BCUT2D eigenvalue weighted by Crippen LogP contribution is -2.36. The first kappa shape index (κ1) is 16.9. The van der Waals surface area contributed by atoms with E-state index in [4.69, 9.17) is 16.3 Å². The van der Waals surface area contributed by atoms with E-state index in [1.807, 2.05) is 13.0 Å². The summed E-state index contributed by atoms with van der Waals surface area (Å²) in [5.74, 6) is 0.575. The third-order valence-electron chi connectivity index (χ3n) is 4.11. The van der Waals surface area contributed by atoms with E-state index in [0.29, 0.717) is 6.54 Å². The zero-order valence-electron chi connectivity index (χ0n) is 13.5. The quantitative estimate of drug-likeness (QED) is 0.893. The van der Waals surface area contributed by atoms with Gasteiger partial charge in [-0.2, -0.15) is 0 Å². The first-order valence-corrected chi connectivity index (χ1v) is 8.07. The predicted octanol–water partition coefficient (Wildman–Crippen LogP) is 2.68. The van der Waals surface area contributed by atoms with Gasteiger partial charge in [-0.15, -0.1) is 0 Å². The number of hydrogen-bond donors (Lipinski definition) is 1. The van der Waals surface area contributed by atoms with Gasteiger partial charge in [0.05, 0.1) is 17.2 Å².